The minimum Gasteiger partial charge on any atom is -0.493 e. The van der Waals surface area contributed by atoms with Gasteiger partial charge in [0.25, 0.3) is 5.91 Å². The van der Waals surface area contributed by atoms with E-state index in [1.54, 1.807) is 12.1 Å². The first-order chi connectivity index (χ1) is 11.2. The van der Waals surface area contributed by atoms with Crippen molar-refractivity contribution in [3.63, 3.8) is 0 Å². The number of hydrogen-bond donors (Lipinski definition) is 1. The highest BCUT2D eigenvalue weighted by Gasteiger charge is 2.26. The number of anilines is 1. The monoisotopic (exact) mass is 334 g/mol. The first-order valence-corrected chi connectivity index (χ1v) is 8.11. The number of thiazole rings is 1. The molecule has 1 amide bonds. The molecule has 0 radical (unpaired) electrons. The number of rotatable bonds is 6. The first-order valence-electron chi connectivity index (χ1n) is 7.23. The van der Waals surface area contributed by atoms with Crippen molar-refractivity contribution in [2.45, 2.75) is 18.8 Å². The Bertz CT molecular complexity index is 700. The van der Waals surface area contributed by atoms with Gasteiger partial charge in [0.15, 0.2) is 16.6 Å². The van der Waals surface area contributed by atoms with E-state index in [1.165, 1.54) is 45.5 Å². The predicted octanol–water partition coefficient (Wildman–Crippen LogP) is 3.30. The van der Waals surface area contributed by atoms with E-state index >= 15 is 0 Å². The number of nitrogens with zero attached hydrogens (tertiary/aromatic N) is 1. The molecule has 1 aliphatic carbocycles. The molecule has 2 aromatic rings. The molecular formula is C16H18N2O4S. The maximum absolute atomic E-state index is 12.4. The summed E-state index contributed by atoms with van der Waals surface area (Å²) in [5.41, 5.74) is 1.48. The molecule has 0 spiro atoms. The van der Waals surface area contributed by atoms with E-state index in [0.29, 0.717) is 33.9 Å². The van der Waals surface area contributed by atoms with Crippen LogP contribution in [0.2, 0.25) is 0 Å². The van der Waals surface area contributed by atoms with Crippen LogP contribution in [0.25, 0.3) is 0 Å². The summed E-state index contributed by atoms with van der Waals surface area (Å²) in [6, 6.07) is 3.23. The van der Waals surface area contributed by atoms with Gasteiger partial charge < -0.3 is 14.2 Å². The van der Waals surface area contributed by atoms with Gasteiger partial charge in [0.1, 0.15) is 0 Å². The van der Waals surface area contributed by atoms with Crippen molar-refractivity contribution in [2.24, 2.45) is 0 Å². The Labute approximate surface area is 138 Å². The summed E-state index contributed by atoms with van der Waals surface area (Å²) in [5, 5.41) is 5.42. The molecule has 23 heavy (non-hydrogen) atoms. The fourth-order valence-electron chi connectivity index (χ4n) is 2.29. The molecule has 1 fully saturated rings. The van der Waals surface area contributed by atoms with E-state index in [1.807, 2.05) is 5.38 Å². The highest BCUT2D eigenvalue weighted by Crippen LogP contribution is 2.41. The molecule has 1 aliphatic rings. The molecule has 0 unspecified atom stereocenters. The molecule has 0 atom stereocenters. The lowest BCUT2D eigenvalue weighted by atomic mass is 10.1. The number of ether oxygens (including phenoxy) is 3. The zero-order valence-corrected chi connectivity index (χ0v) is 14.0. The molecule has 0 aliphatic heterocycles. The number of aromatic nitrogens is 1. The molecule has 0 saturated heterocycles. The minimum atomic E-state index is -0.263. The van der Waals surface area contributed by atoms with Crippen LogP contribution in [0.3, 0.4) is 0 Å². The second-order valence-electron chi connectivity index (χ2n) is 5.22. The summed E-state index contributed by atoms with van der Waals surface area (Å²) in [6.07, 6.45) is 2.37. The van der Waals surface area contributed by atoms with Gasteiger partial charge in [-0.05, 0) is 25.0 Å². The van der Waals surface area contributed by atoms with E-state index in [9.17, 15) is 4.79 Å². The average Bonchev–Trinajstić information content (AvgIpc) is 3.33. The Morgan fingerprint density at radius 1 is 1.17 bits per heavy atom. The lowest BCUT2D eigenvalue weighted by molar-refractivity contribution is 0.102. The van der Waals surface area contributed by atoms with Crippen LogP contribution < -0.4 is 19.5 Å². The van der Waals surface area contributed by atoms with Crippen molar-refractivity contribution < 1.29 is 19.0 Å². The lowest BCUT2D eigenvalue weighted by Gasteiger charge is -2.13. The van der Waals surface area contributed by atoms with Crippen LogP contribution >= 0.6 is 11.3 Å². The van der Waals surface area contributed by atoms with E-state index < -0.39 is 0 Å². The Morgan fingerprint density at radius 2 is 1.83 bits per heavy atom. The fraction of sp³-hybridized carbons (Fsp3) is 0.375. The topological polar surface area (TPSA) is 69.7 Å². The van der Waals surface area contributed by atoms with Crippen molar-refractivity contribution in [1.29, 1.82) is 0 Å². The molecule has 3 rings (SSSR count). The van der Waals surface area contributed by atoms with Gasteiger partial charge in [-0.1, -0.05) is 0 Å². The van der Waals surface area contributed by atoms with Crippen molar-refractivity contribution in [3.8, 4) is 17.2 Å². The third kappa shape index (κ3) is 3.24. The van der Waals surface area contributed by atoms with Crippen molar-refractivity contribution in [1.82, 2.24) is 4.98 Å². The van der Waals surface area contributed by atoms with Crippen LogP contribution in [-0.4, -0.2) is 32.2 Å². The minimum absolute atomic E-state index is 0.263. The molecule has 7 heteroatoms. The van der Waals surface area contributed by atoms with Gasteiger partial charge in [0.05, 0.1) is 27.0 Å². The van der Waals surface area contributed by atoms with Crippen LogP contribution in [0.1, 0.15) is 34.8 Å². The third-order valence-electron chi connectivity index (χ3n) is 3.66. The number of amides is 1. The molecule has 0 bridgehead atoms. The van der Waals surface area contributed by atoms with E-state index in [0.717, 1.165) is 5.69 Å². The van der Waals surface area contributed by atoms with Gasteiger partial charge in [0.2, 0.25) is 5.75 Å². The maximum Gasteiger partial charge on any atom is 0.257 e. The van der Waals surface area contributed by atoms with E-state index in [4.69, 9.17) is 14.2 Å². The Balaban J connectivity index is 1.82. The molecule has 1 aromatic carbocycles. The van der Waals surface area contributed by atoms with Gasteiger partial charge in [-0.15, -0.1) is 11.3 Å². The van der Waals surface area contributed by atoms with Crippen LogP contribution in [0.4, 0.5) is 5.13 Å². The summed E-state index contributed by atoms with van der Waals surface area (Å²) in [4.78, 5) is 16.9. The van der Waals surface area contributed by atoms with Crippen LogP contribution in [0.5, 0.6) is 17.2 Å². The lowest BCUT2D eigenvalue weighted by Crippen LogP contribution is -2.12. The molecular weight excluding hydrogens is 316 g/mol. The summed E-state index contributed by atoms with van der Waals surface area (Å²) < 4.78 is 15.8. The van der Waals surface area contributed by atoms with Crippen molar-refractivity contribution in [3.05, 3.63) is 28.8 Å². The Kier molecular flexibility index (Phi) is 4.38. The average molecular weight is 334 g/mol. The highest BCUT2D eigenvalue weighted by molar-refractivity contribution is 7.14. The largest absolute Gasteiger partial charge is 0.493 e. The summed E-state index contributed by atoms with van der Waals surface area (Å²) in [5.74, 6) is 1.64. The molecule has 1 heterocycles. The smallest absolute Gasteiger partial charge is 0.257 e. The number of carbonyl (C=O) groups is 1. The van der Waals surface area contributed by atoms with E-state index in [2.05, 4.69) is 10.3 Å². The quantitative estimate of drug-likeness (QED) is 0.878. The van der Waals surface area contributed by atoms with Crippen LogP contribution in [-0.2, 0) is 0 Å². The molecule has 1 aromatic heterocycles. The molecule has 122 valence electrons. The fourth-order valence-corrected chi connectivity index (χ4v) is 3.08. The zero-order valence-electron chi connectivity index (χ0n) is 13.2. The number of nitrogens with one attached hydrogen (secondary N) is 1. The van der Waals surface area contributed by atoms with Gasteiger partial charge in [0, 0.05) is 16.9 Å². The third-order valence-corrected chi connectivity index (χ3v) is 4.44. The predicted molar refractivity (Wildman–Crippen MR) is 88.1 cm³/mol. The van der Waals surface area contributed by atoms with Crippen molar-refractivity contribution in [2.75, 3.05) is 26.6 Å². The molecule has 1 N–H and O–H groups in total. The Morgan fingerprint density at radius 3 is 2.35 bits per heavy atom. The second kappa shape index (κ2) is 6.45. The number of benzene rings is 1. The molecule has 1 saturated carbocycles. The maximum atomic E-state index is 12.4. The van der Waals surface area contributed by atoms with Gasteiger partial charge in [-0.2, -0.15) is 0 Å². The summed E-state index contributed by atoms with van der Waals surface area (Å²) >= 11 is 1.44. The highest BCUT2D eigenvalue weighted by atomic mass is 32.1. The SMILES string of the molecule is COc1cc(C(=O)Nc2nc(C3CC3)cs2)cc(OC)c1OC. The number of carbonyl (C=O) groups excluding carboxylic acids is 1. The second-order valence-corrected chi connectivity index (χ2v) is 6.08. The number of hydrogen-bond acceptors (Lipinski definition) is 6. The zero-order chi connectivity index (χ0) is 16.4. The Hall–Kier alpha value is -2.28. The van der Waals surface area contributed by atoms with Gasteiger partial charge in [-0.25, -0.2) is 4.98 Å². The van der Waals surface area contributed by atoms with Gasteiger partial charge >= 0.3 is 0 Å². The van der Waals surface area contributed by atoms with Crippen molar-refractivity contribution >= 4 is 22.4 Å². The summed E-state index contributed by atoms with van der Waals surface area (Å²) in [6.45, 7) is 0. The van der Waals surface area contributed by atoms with Gasteiger partial charge in [-0.3, -0.25) is 10.1 Å². The normalized spacial score (nSPS) is 13.5. The van der Waals surface area contributed by atoms with E-state index in [-0.39, 0.29) is 5.91 Å². The van der Waals surface area contributed by atoms with Crippen LogP contribution in [0.15, 0.2) is 17.5 Å². The number of methoxy groups -OCH3 is 3. The standard InChI is InChI=1S/C16H18N2O4S/c1-20-12-6-10(7-13(21-2)14(12)22-3)15(19)18-16-17-11(8-23-16)9-4-5-9/h6-9H,4-5H2,1-3H3,(H,17,18,19). The van der Waals surface area contributed by atoms with Crippen LogP contribution in [0, 0.1) is 0 Å². The summed E-state index contributed by atoms with van der Waals surface area (Å²) in [7, 11) is 4.55. The molecule has 6 nitrogen and oxygen atoms in total. The first kappa shape index (κ1) is 15.6.